The SMILES string of the molecule is Cc1sc2[nH+]cnc(Nc3cccc(C(=O)O)c3)c2c1C. The maximum Gasteiger partial charge on any atom is 0.335 e. The molecule has 106 valence electrons. The zero-order chi connectivity index (χ0) is 15.0. The molecule has 3 aromatic rings. The Kier molecular flexibility index (Phi) is 3.31. The number of aryl methyl sites for hydroxylation is 2. The lowest BCUT2D eigenvalue weighted by atomic mass is 10.2. The maximum absolute atomic E-state index is 11.0. The van der Waals surface area contributed by atoms with Gasteiger partial charge in [-0.1, -0.05) is 17.4 Å². The Morgan fingerprint density at radius 3 is 2.95 bits per heavy atom. The number of carbonyl (C=O) groups is 1. The molecular formula is C15H14N3O2S+. The van der Waals surface area contributed by atoms with Gasteiger partial charge in [-0.15, -0.1) is 0 Å². The van der Waals surface area contributed by atoms with E-state index in [1.54, 1.807) is 35.9 Å². The lowest BCUT2D eigenvalue weighted by Crippen LogP contribution is -2.06. The van der Waals surface area contributed by atoms with Crippen LogP contribution in [0.1, 0.15) is 20.8 Å². The summed E-state index contributed by atoms with van der Waals surface area (Å²) in [5.74, 6) is -0.214. The van der Waals surface area contributed by atoms with Crippen LogP contribution in [0.3, 0.4) is 0 Å². The number of aromatic carboxylic acids is 1. The van der Waals surface area contributed by atoms with Crippen LogP contribution in [0.25, 0.3) is 10.2 Å². The molecule has 3 N–H and O–H groups in total. The first kappa shape index (κ1) is 13.5. The number of rotatable bonds is 3. The monoisotopic (exact) mass is 300 g/mol. The smallest absolute Gasteiger partial charge is 0.335 e. The Bertz CT molecular complexity index is 842. The van der Waals surface area contributed by atoms with E-state index in [9.17, 15) is 4.79 Å². The Morgan fingerprint density at radius 1 is 1.38 bits per heavy atom. The highest BCUT2D eigenvalue weighted by Crippen LogP contribution is 2.32. The number of aromatic amines is 1. The van der Waals surface area contributed by atoms with Gasteiger partial charge in [0.25, 0.3) is 12.1 Å². The van der Waals surface area contributed by atoms with E-state index in [0.29, 0.717) is 5.69 Å². The third kappa shape index (κ3) is 2.45. The topological polar surface area (TPSA) is 76.4 Å². The summed E-state index contributed by atoms with van der Waals surface area (Å²) in [5.41, 5.74) is 2.13. The Hall–Kier alpha value is -2.47. The molecule has 0 saturated carbocycles. The first-order valence-electron chi connectivity index (χ1n) is 6.43. The van der Waals surface area contributed by atoms with Crippen LogP contribution in [0.15, 0.2) is 30.6 Å². The van der Waals surface area contributed by atoms with E-state index < -0.39 is 5.97 Å². The Labute approximate surface area is 125 Å². The third-order valence-corrected chi connectivity index (χ3v) is 4.52. The summed E-state index contributed by atoms with van der Waals surface area (Å²) in [6.07, 6.45) is 1.64. The van der Waals surface area contributed by atoms with Crippen molar-refractivity contribution in [2.45, 2.75) is 13.8 Å². The van der Waals surface area contributed by atoms with Crippen LogP contribution < -0.4 is 10.3 Å². The summed E-state index contributed by atoms with van der Waals surface area (Å²) in [5, 5.41) is 13.3. The molecule has 0 aliphatic heterocycles. The van der Waals surface area contributed by atoms with Gasteiger partial charge in [-0.2, -0.15) is 0 Å². The number of hydrogen-bond donors (Lipinski definition) is 2. The molecule has 0 unspecified atom stereocenters. The molecule has 0 spiro atoms. The molecule has 21 heavy (non-hydrogen) atoms. The lowest BCUT2D eigenvalue weighted by Gasteiger charge is -2.04. The number of anilines is 2. The summed E-state index contributed by atoms with van der Waals surface area (Å²) in [6, 6.07) is 6.70. The average Bonchev–Trinajstić information content (AvgIpc) is 2.75. The largest absolute Gasteiger partial charge is 0.478 e. The quantitative estimate of drug-likeness (QED) is 0.779. The molecule has 0 radical (unpaired) electrons. The van der Waals surface area contributed by atoms with Gasteiger partial charge in [-0.25, -0.2) is 9.78 Å². The highest BCUT2D eigenvalue weighted by atomic mass is 32.1. The molecule has 5 nitrogen and oxygen atoms in total. The van der Waals surface area contributed by atoms with Crippen LogP contribution in [-0.4, -0.2) is 16.1 Å². The summed E-state index contributed by atoms with van der Waals surface area (Å²) in [7, 11) is 0. The third-order valence-electron chi connectivity index (χ3n) is 3.38. The molecule has 0 fully saturated rings. The zero-order valence-corrected chi connectivity index (χ0v) is 12.4. The van der Waals surface area contributed by atoms with Crippen LogP contribution in [0, 0.1) is 13.8 Å². The molecule has 0 atom stereocenters. The van der Waals surface area contributed by atoms with E-state index in [-0.39, 0.29) is 5.56 Å². The highest BCUT2D eigenvalue weighted by Gasteiger charge is 2.17. The molecule has 0 bridgehead atoms. The van der Waals surface area contributed by atoms with Gasteiger partial charge in [0.05, 0.1) is 5.56 Å². The van der Waals surface area contributed by atoms with Gasteiger partial charge in [-0.3, -0.25) is 0 Å². The first-order chi connectivity index (χ1) is 10.1. The van der Waals surface area contributed by atoms with Crippen molar-refractivity contribution < 1.29 is 14.9 Å². The number of nitrogens with zero attached hydrogens (tertiary/aromatic N) is 1. The van der Waals surface area contributed by atoms with E-state index in [1.165, 1.54) is 10.4 Å². The molecule has 2 aromatic heterocycles. The van der Waals surface area contributed by atoms with Gasteiger partial charge in [0, 0.05) is 10.6 Å². The van der Waals surface area contributed by atoms with Crippen molar-refractivity contribution in [1.82, 2.24) is 4.98 Å². The van der Waals surface area contributed by atoms with E-state index in [0.717, 1.165) is 16.0 Å². The Morgan fingerprint density at radius 2 is 2.19 bits per heavy atom. The molecule has 2 heterocycles. The van der Waals surface area contributed by atoms with Crippen molar-refractivity contribution in [3.05, 3.63) is 46.6 Å². The fourth-order valence-electron chi connectivity index (χ4n) is 2.20. The minimum atomic E-state index is -0.944. The number of hydrogen-bond acceptors (Lipinski definition) is 4. The van der Waals surface area contributed by atoms with Crippen molar-refractivity contribution in [1.29, 1.82) is 0 Å². The van der Waals surface area contributed by atoms with Crippen LogP contribution in [0.4, 0.5) is 11.5 Å². The summed E-state index contributed by atoms with van der Waals surface area (Å²) < 4.78 is 0. The molecule has 0 aliphatic rings. The molecule has 6 heteroatoms. The number of carboxylic acid groups (broad SMARTS) is 1. The lowest BCUT2D eigenvalue weighted by molar-refractivity contribution is -0.346. The molecule has 0 saturated heterocycles. The van der Waals surface area contributed by atoms with Crippen molar-refractivity contribution in [3.8, 4) is 0 Å². The fourth-order valence-corrected chi connectivity index (χ4v) is 3.22. The van der Waals surface area contributed by atoms with Crippen LogP contribution in [-0.2, 0) is 0 Å². The number of thiophene rings is 1. The number of benzene rings is 1. The van der Waals surface area contributed by atoms with Gasteiger partial charge < -0.3 is 10.4 Å². The highest BCUT2D eigenvalue weighted by molar-refractivity contribution is 7.18. The predicted octanol–water partition coefficient (Wildman–Crippen LogP) is 3.17. The second-order valence-corrected chi connectivity index (χ2v) is 5.97. The number of nitrogens with one attached hydrogen (secondary N) is 2. The van der Waals surface area contributed by atoms with E-state index in [1.807, 2.05) is 6.07 Å². The average molecular weight is 300 g/mol. The fraction of sp³-hybridized carbons (Fsp3) is 0.133. The number of H-pyrrole nitrogens is 1. The summed E-state index contributed by atoms with van der Waals surface area (Å²) in [6.45, 7) is 4.13. The normalized spacial score (nSPS) is 10.8. The molecule has 0 amide bonds. The first-order valence-corrected chi connectivity index (χ1v) is 7.24. The Balaban J connectivity index is 2.06. The minimum Gasteiger partial charge on any atom is -0.478 e. The van der Waals surface area contributed by atoms with Gasteiger partial charge in [-0.05, 0) is 42.6 Å². The molecule has 3 rings (SSSR count). The van der Waals surface area contributed by atoms with Crippen molar-refractivity contribution in [3.63, 3.8) is 0 Å². The van der Waals surface area contributed by atoms with Gasteiger partial charge >= 0.3 is 5.97 Å². The van der Waals surface area contributed by atoms with Crippen LogP contribution >= 0.6 is 11.3 Å². The summed E-state index contributed by atoms with van der Waals surface area (Å²) in [4.78, 5) is 20.8. The van der Waals surface area contributed by atoms with E-state index in [2.05, 4.69) is 29.1 Å². The summed E-state index contributed by atoms with van der Waals surface area (Å²) >= 11 is 1.68. The number of aromatic nitrogens is 2. The van der Waals surface area contributed by atoms with E-state index in [4.69, 9.17) is 5.11 Å². The van der Waals surface area contributed by atoms with Crippen molar-refractivity contribution in [2.75, 3.05) is 5.32 Å². The van der Waals surface area contributed by atoms with Crippen LogP contribution in [0.5, 0.6) is 0 Å². The van der Waals surface area contributed by atoms with E-state index >= 15 is 0 Å². The van der Waals surface area contributed by atoms with Crippen LogP contribution in [0.2, 0.25) is 0 Å². The molecule has 1 aromatic carbocycles. The number of fused-ring (bicyclic) bond motifs is 1. The second-order valence-electron chi connectivity index (χ2n) is 4.75. The molecule has 0 aliphatic carbocycles. The van der Waals surface area contributed by atoms with Crippen molar-refractivity contribution >= 4 is 39.0 Å². The number of carboxylic acids is 1. The standard InChI is InChI=1S/C15H13N3O2S/c1-8-9(2)21-14-12(8)13(16-7-17-14)18-11-5-3-4-10(6-11)15(19)20/h3-7H,1-2H3,(H,19,20)(H,16,17,18)/p+1. The zero-order valence-electron chi connectivity index (χ0n) is 11.6. The van der Waals surface area contributed by atoms with Gasteiger partial charge in [0.2, 0.25) is 0 Å². The molecular weight excluding hydrogens is 286 g/mol. The van der Waals surface area contributed by atoms with Crippen molar-refractivity contribution in [2.24, 2.45) is 0 Å². The minimum absolute atomic E-state index is 0.247. The van der Waals surface area contributed by atoms with Gasteiger partial charge in [0.15, 0.2) is 4.83 Å². The van der Waals surface area contributed by atoms with Gasteiger partial charge in [0.1, 0.15) is 5.39 Å². The maximum atomic E-state index is 11.0. The second kappa shape index (κ2) is 5.14. The predicted molar refractivity (Wildman–Crippen MR) is 82.3 cm³/mol.